The van der Waals surface area contributed by atoms with Crippen molar-refractivity contribution in [3.05, 3.63) is 119 Å². The predicted octanol–water partition coefficient (Wildman–Crippen LogP) is 6.42. The Kier molecular flexibility index (Phi) is 12.5. The van der Waals surface area contributed by atoms with Gasteiger partial charge in [0.25, 0.3) is 10.0 Å². The average Bonchev–Trinajstić information content (AvgIpc) is 3.08. The number of benzene rings is 4. The first-order valence-corrected chi connectivity index (χ1v) is 17.5. The van der Waals surface area contributed by atoms with Crippen LogP contribution in [0.1, 0.15) is 37.0 Å². The van der Waals surface area contributed by atoms with E-state index in [4.69, 9.17) is 21.1 Å². The van der Waals surface area contributed by atoms with E-state index in [0.717, 1.165) is 15.4 Å². The van der Waals surface area contributed by atoms with Crippen LogP contribution in [0.4, 0.5) is 5.69 Å². The van der Waals surface area contributed by atoms with E-state index in [1.807, 2.05) is 57.2 Å². The first-order valence-electron chi connectivity index (χ1n) is 15.7. The molecule has 0 saturated carbocycles. The summed E-state index contributed by atoms with van der Waals surface area (Å²) < 4.78 is 40.8. The highest BCUT2D eigenvalue weighted by molar-refractivity contribution is 7.92. The number of rotatable bonds is 15. The Morgan fingerprint density at radius 3 is 2.19 bits per heavy atom. The number of nitrogens with zero attached hydrogens (tertiary/aromatic N) is 2. The molecule has 4 rings (SSSR count). The summed E-state index contributed by atoms with van der Waals surface area (Å²) in [5.74, 6) is -0.365. The van der Waals surface area contributed by atoms with Crippen molar-refractivity contribution in [2.45, 2.75) is 57.1 Å². The SMILES string of the molecule is CC[C@H](C)NC(=O)[C@H](Cc1ccccc1)N(Cc1cccc(Cl)c1)C(=O)CN(c1cc(OC)ccc1OC)S(=O)(=O)c1ccc(C)cc1. The molecule has 0 spiro atoms. The molecule has 0 unspecified atom stereocenters. The third-order valence-corrected chi connectivity index (χ3v) is 10.1. The summed E-state index contributed by atoms with van der Waals surface area (Å²) in [7, 11) is -1.45. The third-order valence-electron chi connectivity index (χ3n) is 8.06. The number of carbonyl (C=O) groups is 2. The fourth-order valence-corrected chi connectivity index (χ4v) is 6.80. The van der Waals surface area contributed by atoms with Crippen LogP contribution in [0.5, 0.6) is 11.5 Å². The van der Waals surface area contributed by atoms with Crippen molar-refractivity contribution in [1.82, 2.24) is 10.2 Å². The van der Waals surface area contributed by atoms with Crippen LogP contribution in [0.15, 0.2) is 102 Å². The van der Waals surface area contributed by atoms with Crippen LogP contribution in [-0.4, -0.2) is 58.0 Å². The number of sulfonamides is 1. The number of aryl methyl sites for hydroxylation is 1. The summed E-state index contributed by atoms with van der Waals surface area (Å²) in [6.45, 7) is 5.07. The van der Waals surface area contributed by atoms with Crippen LogP contribution in [-0.2, 0) is 32.6 Å². The maximum atomic E-state index is 14.7. The second kappa shape index (κ2) is 16.5. The molecule has 0 fully saturated rings. The molecule has 0 aliphatic rings. The quantitative estimate of drug-likeness (QED) is 0.154. The minimum atomic E-state index is -4.34. The van der Waals surface area contributed by atoms with Crippen molar-refractivity contribution in [1.29, 1.82) is 0 Å². The van der Waals surface area contributed by atoms with Gasteiger partial charge in [-0.1, -0.05) is 78.7 Å². The summed E-state index contributed by atoms with van der Waals surface area (Å²) >= 11 is 6.34. The van der Waals surface area contributed by atoms with Crippen LogP contribution in [0.2, 0.25) is 5.02 Å². The number of ether oxygens (including phenoxy) is 2. The molecule has 48 heavy (non-hydrogen) atoms. The molecule has 0 aliphatic heterocycles. The van der Waals surface area contributed by atoms with Crippen molar-refractivity contribution in [3.8, 4) is 11.5 Å². The third kappa shape index (κ3) is 9.08. The molecule has 0 bridgehead atoms. The standard InChI is InChI=1S/C37H42ClN3O6S/c1-6-27(3)39-37(43)34(22-28-11-8-7-9-12-28)40(24-29-13-10-14-30(38)21-29)36(42)25-41(33-23-31(46-4)17-20-35(33)47-5)48(44,45)32-18-15-26(2)16-19-32/h7-21,23,27,34H,6,22,24-25H2,1-5H3,(H,39,43)/t27-,34-/m0/s1. The van der Waals surface area contributed by atoms with Gasteiger partial charge in [-0.3, -0.25) is 13.9 Å². The van der Waals surface area contributed by atoms with Crippen molar-refractivity contribution >= 4 is 39.1 Å². The minimum absolute atomic E-state index is 0.00150. The number of halogens is 1. The van der Waals surface area contributed by atoms with Crippen molar-refractivity contribution < 1.29 is 27.5 Å². The van der Waals surface area contributed by atoms with Crippen LogP contribution in [0.25, 0.3) is 0 Å². The fourth-order valence-electron chi connectivity index (χ4n) is 5.17. The average molecular weight is 692 g/mol. The van der Waals surface area contributed by atoms with Gasteiger partial charge in [-0.15, -0.1) is 0 Å². The summed E-state index contributed by atoms with van der Waals surface area (Å²) in [6.07, 6.45) is 0.882. The zero-order valence-corrected chi connectivity index (χ0v) is 29.4. The van der Waals surface area contributed by atoms with Gasteiger partial charge in [-0.05, 0) is 67.8 Å². The van der Waals surface area contributed by atoms with E-state index < -0.39 is 28.5 Å². The van der Waals surface area contributed by atoms with Crippen LogP contribution in [0, 0.1) is 6.92 Å². The molecular formula is C37H42ClN3O6S. The molecule has 2 atom stereocenters. The van der Waals surface area contributed by atoms with Gasteiger partial charge in [0.15, 0.2) is 0 Å². The molecule has 2 amide bonds. The van der Waals surface area contributed by atoms with Gasteiger partial charge in [0.1, 0.15) is 24.1 Å². The molecule has 0 aromatic heterocycles. The van der Waals surface area contributed by atoms with E-state index in [0.29, 0.717) is 22.8 Å². The topological polar surface area (TPSA) is 105 Å². The summed E-state index contributed by atoms with van der Waals surface area (Å²) in [5, 5.41) is 3.50. The molecule has 9 nitrogen and oxygen atoms in total. The van der Waals surface area contributed by atoms with E-state index in [1.54, 1.807) is 42.5 Å². The first-order chi connectivity index (χ1) is 23.0. The lowest BCUT2D eigenvalue weighted by atomic mass is 10.0. The Morgan fingerprint density at radius 1 is 0.875 bits per heavy atom. The first kappa shape index (κ1) is 36.3. The van der Waals surface area contributed by atoms with E-state index >= 15 is 0 Å². The Balaban J connectivity index is 1.87. The number of nitrogens with one attached hydrogen (secondary N) is 1. The zero-order chi connectivity index (χ0) is 34.8. The minimum Gasteiger partial charge on any atom is -0.497 e. The molecule has 254 valence electrons. The van der Waals surface area contributed by atoms with Gasteiger partial charge in [0.2, 0.25) is 11.8 Å². The summed E-state index contributed by atoms with van der Waals surface area (Å²) in [5.41, 5.74) is 2.50. The maximum absolute atomic E-state index is 14.7. The van der Waals surface area contributed by atoms with E-state index in [-0.39, 0.29) is 41.2 Å². The van der Waals surface area contributed by atoms with E-state index in [9.17, 15) is 18.0 Å². The number of anilines is 1. The predicted molar refractivity (Wildman–Crippen MR) is 189 cm³/mol. The van der Waals surface area contributed by atoms with E-state index in [1.165, 1.54) is 37.3 Å². The van der Waals surface area contributed by atoms with Gasteiger partial charge in [0.05, 0.1) is 24.8 Å². The molecule has 11 heteroatoms. The molecule has 4 aromatic rings. The molecule has 0 heterocycles. The Bertz CT molecular complexity index is 1800. The van der Waals surface area contributed by atoms with Gasteiger partial charge in [-0.2, -0.15) is 0 Å². The molecule has 0 aliphatic carbocycles. The van der Waals surface area contributed by atoms with Crippen LogP contribution < -0.4 is 19.1 Å². The molecule has 0 saturated heterocycles. The molecule has 1 N–H and O–H groups in total. The second-order valence-electron chi connectivity index (χ2n) is 11.5. The number of amides is 2. The smallest absolute Gasteiger partial charge is 0.264 e. The van der Waals surface area contributed by atoms with Crippen molar-refractivity contribution in [3.63, 3.8) is 0 Å². The van der Waals surface area contributed by atoms with Gasteiger partial charge in [-0.25, -0.2) is 8.42 Å². The van der Waals surface area contributed by atoms with Gasteiger partial charge >= 0.3 is 0 Å². The normalized spacial score (nSPS) is 12.5. The highest BCUT2D eigenvalue weighted by atomic mass is 35.5. The monoisotopic (exact) mass is 691 g/mol. The second-order valence-corrected chi connectivity index (χ2v) is 13.8. The van der Waals surface area contributed by atoms with E-state index in [2.05, 4.69) is 5.32 Å². The van der Waals surface area contributed by atoms with Gasteiger partial charge < -0.3 is 19.7 Å². The fraction of sp³-hybridized carbons (Fsp3) is 0.297. The van der Waals surface area contributed by atoms with Gasteiger partial charge in [0, 0.05) is 30.1 Å². The largest absolute Gasteiger partial charge is 0.497 e. The Labute approximate surface area is 288 Å². The number of hydrogen-bond acceptors (Lipinski definition) is 6. The van der Waals surface area contributed by atoms with Crippen LogP contribution in [0.3, 0.4) is 0 Å². The maximum Gasteiger partial charge on any atom is 0.264 e. The lowest BCUT2D eigenvalue weighted by molar-refractivity contribution is -0.140. The Hall–Kier alpha value is -4.54. The highest BCUT2D eigenvalue weighted by Gasteiger charge is 2.36. The molecule has 4 aromatic carbocycles. The van der Waals surface area contributed by atoms with Crippen LogP contribution >= 0.6 is 11.6 Å². The molecular weight excluding hydrogens is 650 g/mol. The lowest BCUT2D eigenvalue weighted by Crippen LogP contribution is -2.54. The summed E-state index contributed by atoms with van der Waals surface area (Å²) in [4.78, 5) is 30.2. The lowest BCUT2D eigenvalue weighted by Gasteiger charge is -2.34. The highest BCUT2D eigenvalue weighted by Crippen LogP contribution is 2.36. The van der Waals surface area contributed by atoms with Crippen molar-refractivity contribution in [2.75, 3.05) is 25.1 Å². The number of carbonyl (C=O) groups excluding carboxylic acids is 2. The number of methoxy groups -OCH3 is 2. The number of hydrogen-bond donors (Lipinski definition) is 1. The molecule has 0 radical (unpaired) electrons. The summed E-state index contributed by atoms with van der Waals surface area (Å²) in [6, 6.07) is 26.4. The van der Waals surface area contributed by atoms with Crippen molar-refractivity contribution in [2.24, 2.45) is 0 Å². The Morgan fingerprint density at radius 2 is 1.56 bits per heavy atom. The zero-order valence-electron chi connectivity index (χ0n) is 27.9.